The van der Waals surface area contributed by atoms with E-state index in [1.807, 2.05) is 29.1 Å². The molecule has 1 aliphatic rings. The summed E-state index contributed by atoms with van der Waals surface area (Å²) in [5.74, 6) is 0.383. The molecule has 0 saturated heterocycles. The van der Waals surface area contributed by atoms with E-state index in [0.29, 0.717) is 12.3 Å². The lowest BCUT2D eigenvalue weighted by Gasteiger charge is -2.14. The van der Waals surface area contributed by atoms with Crippen LogP contribution < -0.4 is 11.1 Å². The predicted molar refractivity (Wildman–Crippen MR) is 84.0 cm³/mol. The lowest BCUT2D eigenvalue weighted by Crippen LogP contribution is -2.28. The van der Waals surface area contributed by atoms with Crippen molar-refractivity contribution in [2.75, 3.05) is 5.32 Å². The van der Waals surface area contributed by atoms with Crippen molar-refractivity contribution in [3.8, 4) is 0 Å². The van der Waals surface area contributed by atoms with Gasteiger partial charge in [-0.1, -0.05) is 6.42 Å². The maximum absolute atomic E-state index is 12.2. The van der Waals surface area contributed by atoms with E-state index in [2.05, 4.69) is 17.3 Å². The van der Waals surface area contributed by atoms with E-state index < -0.39 is 0 Å². The van der Waals surface area contributed by atoms with Crippen LogP contribution in [0.5, 0.6) is 0 Å². The molecule has 3 rings (SSSR count). The largest absolute Gasteiger partial charge is 0.327 e. The summed E-state index contributed by atoms with van der Waals surface area (Å²) in [5, 5.41) is 8.39. The Kier molecular flexibility index (Phi) is 3.92. The predicted octanol–water partition coefficient (Wildman–Crippen LogP) is 2.51. The summed E-state index contributed by atoms with van der Waals surface area (Å²) in [6.07, 6.45) is 5.62. The first-order valence-electron chi connectivity index (χ1n) is 7.68. The molecule has 0 spiro atoms. The molecule has 0 aliphatic heterocycles. The molecule has 1 aromatic carbocycles. The first kappa shape index (κ1) is 14.1. The molecule has 5 heteroatoms. The van der Waals surface area contributed by atoms with Gasteiger partial charge in [0.05, 0.1) is 11.7 Å². The molecule has 1 saturated carbocycles. The minimum atomic E-state index is 0.0549. The molecule has 112 valence electrons. The van der Waals surface area contributed by atoms with E-state index in [0.717, 1.165) is 42.4 Å². The highest BCUT2D eigenvalue weighted by Gasteiger charge is 2.26. The smallest absolute Gasteiger partial charge is 0.224 e. The number of amides is 1. The van der Waals surface area contributed by atoms with Gasteiger partial charge in [0.2, 0.25) is 5.91 Å². The number of hydrogen-bond acceptors (Lipinski definition) is 3. The van der Waals surface area contributed by atoms with E-state index in [9.17, 15) is 4.79 Å². The van der Waals surface area contributed by atoms with Crippen molar-refractivity contribution in [3.63, 3.8) is 0 Å². The zero-order valence-electron chi connectivity index (χ0n) is 12.4. The Morgan fingerprint density at radius 1 is 1.48 bits per heavy atom. The lowest BCUT2D eigenvalue weighted by molar-refractivity contribution is -0.117. The average Bonchev–Trinajstić information content (AvgIpc) is 3.05. The van der Waals surface area contributed by atoms with Gasteiger partial charge in [0, 0.05) is 30.1 Å². The third-order valence-corrected chi connectivity index (χ3v) is 4.39. The number of benzene rings is 1. The fraction of sp³-hybridized carbons (Fsp3) is 0.500. The van der Waals surface area contributed by atoms with Crippen LogP contribution in [-0.4, -0.2) is 21.7 Å². The fourth-order valence-corrected chi connectivity index (χ4v) is 3.17. The van der Waals surface area contributed by atoms with Gasteiger partial charge in [0.1, 0.15) is 0 Å². The quantitative estimate of drug-likeness (QED) is 0.907. The number of aromatic nitrogens is 2. The number of rotatable bonds is 4. The summed E-state index contributed by atoms with van der Waals surface area (Å²) in [7, 11) is 0. The molecule has 1 fully saturated rings. The van der Waals surface area contributed by atoms with Crippen LogP contribution in [0.4, 0.5) is 5.69 Å². The van der Waals surface area contributed by atoms with Crippen LogP contribution in [0.3, 0.4) is 0 Å². The number of aryl methyl sites for hydroxylation is 1. The van der Waals surface area contributed by atoms with Crippen LogP contribution in [0.1, 0.15) is 32.6 Å². The Bertz CT molecular complexity index is 649. The monoisotopic (exact) mass is 286 g/mol. The zero-order valence-corrected chi connectivity index (χ0v) is 12.4. The van der Waals surface area contributed by atoms with E-state index in [-0.39, 0.29) is 11.9 Å². The molecule has 0 radical (unpaired) electrons. The summed E-state index contributed by atoms with van der Waals surface area (Å²) in [5.41, 5.74) is 7.90. The number of carbonyl (C=O) groups excluding carboxylic acids is 1. The number of hydrogen-bond donors (Lipinski definition) is 2. The van der Waals surface area contributed by atoms with E-state index >= 15 is 0 Å². The maximum Gasteiger partial charge on any atom is 0.224 e. The summed E-state index contributed by atoms with van der Waals surface area (Å²) in [4.78, 5) is 12.2. The summed E-state index contributed by atoms with van der Waals surface area (Å²) < 4.78 is 1.93. The van der Waals surface area contributed by atoms with Gasteiger partial charge in [-0.3, -0.25) is 9.48 Å². The van der Waals surface area contributed by atoms with Gasteiger partial charge in [-0.15, -0.1) is 0 Å². The SMILES string of the molecule is CCn1ncc2ccc(NC(=O)C[C@@H]3CCC[C@H]3N)cc21. The van der Waals surface area contributed by atoms with Crippen molar-refractivity contribution in [2.45, 2.75) is 45.2 Å². The van der Waals surface area contributed by atoms with Gasteiger partial charge in [-0.05, 0) is 43.9 Å². The zero-order chi connectivity index (χ0) is 14.8. The molecule has 0 bridgehead atoms. The van der Waals surface area contributed by atoms with Crippen LogP contribution in [0.15, 0.2) is 24.4 Å². The van der Waals surface area contributed by atoms with Crippen LogP contribution in [0.2, 0.25) is 0 Å². The second-order valence-corrected chi connectivity index (χ2v) is 5.84. The number of anilines is 1. The summed E-state index contributed by atoms with van der Waals surface area (Å²) in [6.45, 7) is 2.87. The van der Waals surface area contributed by atoms with Crippen molar-refractivity contribution in [1.82, 2.24) is 9.78 Å². The first-order valence-corrected chi connectivity index (χ1v) is 7.68. The highest BCUT2D eigenvalue weighted by Crippen LogP contribution is 2.27. The molecular weight excluding hydrogens is 264 g/mol. The molecule has 1 heterocycles. The van der Waals surface area contributed by atoms with Crippen LogP contribution in [-0.2, 0) is 11.3 Å². The number of nitrogens with zero attached hydrogens (tertiary/aromatic N) is 2. The van der Waals surface area contributed by atoms with Crippen LogP contribution in [0.25, 0.3) is 10.9 Å². The lowest BCUT2D eigenvalue weighted by atomic mass is 10.00. The summed E-state index contributed by atoms with van der Waals surface area (Å²) in [6, 6.07) is 6.08. The van der Waals surface area contributed by atoms with Crippen molar-refractivity contribution < 1.29 is 4.79 Å². The Morgan fingerprint density at radius 2 is 2.33 bits per heavy atom. The van der Waals surface area contributed by atoms with Gasteiger partial charge in [-0.25, -0.2) is 0 Å². The molecular formula is C16H22N4O. The highest BCUT2D eigenvalue weighted by molar-refractivity contribution is 5.93. The van der Waals surface area contributed by atoms with Gasteiger partial charge in [0.15, 0.2) is 0 Å². The van der Waals surface area contributed by atoms with Crippen molar-refractivity contribution in [1.29, 1.82) is 0 Å². The molecule has 5 nitrogen and oxygen atoms in total. The minimum absolute atomic E-state index is 0.0549. The van der Waals surface area contributed by atoms with Crippen LogP contribution in [0, 0.1) is 5.92 Å². The first-order chi connectivity index (χ1) is 10.2. The maximum atomic E-state index is 12.2. The molecule has 3 N–H and O–H groups in total. The Morgan fingerprint density at radius 3 is 3.05 bits per heavy atom. The van der Waals surface area contributed by atoms with Crippen molar-refractivity contribution in [3.05, 3.63) is 24.4 Å². The molecule has 2 aromatic rings. The van der Waals surface area contributed by atoms with E-state index in [1.54, 1.807) is 0 Å². The highest BCUT2D eigenvalue weighted by atomic mass is 16.1. The third-order valence-electron chi connectivity index (χ3n) is 4.39. The van der Waals surface area contributed by atoms with Crippen molar-refractivity contribution in [2.24, 2.45) is 11.7 Å². The number of nitrogens with one attached hydrogen (secondary N) is 1. The van der Waals surface area contributed by atoms with Crippen molar-refractivity contribution >= 4 is 22.5 Å². The number of carbonyl (C=O) groups is 1. The minimum Gasteiger partial charge on any atom is -0.327 e. The molecule has 21 heavy (non-hydrogen) atoms. The second-order valence-electron chi connectivity index (χ2n) is 5.84. The average molecular weight is 286 g/mol. The fourth-order valence-electron chi connectivity index (χ4n) is 3.17. The topological polar surface area (TPSA) is 72.9 Å². The van der Waals surface area contributed by atoms with Gasteiger partial charge in [-0.2, -0.15) is 5.10 Å². The molecule has 2 atom stereocenters. The van der Waals surface area contributed by atoms with Gasteiger partial charge >= 0.3 is 0 Å². The van der Waals surface area contributed by atoms with Gasteiger partial charge in [0.25, 0.3) is 0 Å². The normalized spacial score (nSPS) is 21.8. The molecule has 1 aromatic heterocycles. The number of nitrogens with two attached hydrogens (primary N) is 1. The third kappa shape index (κ3) is 2.93. The van der Waals surface area contributed by atoms with E-state index in [1.165, 1.54) is 0 Å². The van der Waals surface area contributed by atoms with E-state index in [4.69, 9.17) is 5.73 Å². The molecule has 1 aliphatic carbocycles. The Hall–Kier alpha value is -1.88. The van der Waals surface area contributed by atoms with Crippen LogP contribution >= 0.6 is 0 Å². The molecule has 1 amide bonds. The molecule has 0 unspecified atom stereocenters. The Labute approximate surface area is 124 Å². The second kappa shape index (κ2) is 5.85. The summed E-state index contributed by atoms with van der Waals surface area (Å²) >= 11 is 0. The van der Waals surface area contributed by atoms with Gasteiger partial charge < -0.3 is 11.1 Å². The number of fused-ring (bicyclic) bond motifs is 1. The Balaban J connectivity index is 1.70. The standard InChI is InChI=1S/C16H22N4O/c1-2-20-15-9-13(7-6-12(15)10-18-20)19-16(21)8-11-4-3-5-14(11)17/h6-7,9-11,14H,2-5,8,17H2,1H3,(H,19,21)/t11-,14+/m0/s1.